The second kappa shape index (κ2) is 6.57. The molecule has 0 aromatic rings. The van der Waals surface area contributed by atoms with E-state index in [4.69, 9.17) is 19.3 Å². The van der Waals surface area contributed by atoms with Gasteiger partial charge in [0.2, 0.25) is 0 Å². The lowest BCUT2D eigenvalue weighted by Crippen LogP contribution is -2.09. The van der Waals surface area contributed by atoms with E-state index in [0.717, 1.165) is 0 Å². The summed E-state index contributed by atoms with van der Waals surface area (Å²) < 4.78 is 26.0. The van der Waals surface area contributed by atoms with E-state index >= 15 is 0 Å². The van der Waals surface area contributed by atoms with Gasteiger partial charge in [-0.1, -0.05) is 0 Å². The number of nitrogens with two attached hydrogens (primary N) is 1. The molecule has 0 spiro atoms. The van der Waals surface area contributed by atoms with Crippen molar-refractivity contribution in [2.45, 2.75) is 13.8 Å². The Morgan fingerprint density at radius 1 is 1.17 bits per heavy atom. The van der Waals surface area contributed by atoms with E-state index in [1.165, 1.54) is 0 Å². The number of hydrogen-bond acceptors (Lipinski definition) is 5. The van der Waals surface area contributed by atoms with Gasteiger partial charge < -0.3 is 5.73 Å². The lowest BCUT2D eigenvalue weighted by atomic mass is 10.8. The molecule has 2 N–H and O–H groups in total. The molecule has 0 aliphatic carbocycles. The third-order valence-corrected chi connectivity index (χ3v) is 2.59. The van der Waals surface area contributed by atoms with Gasteiger partial charge in [-0.3, -0.25) is 13.6 Å². The highest BCUT2D eigenvalue weighted by atomic mass is 31.2. The van der Waals surface area contributed by atoms with Crippen molar-refractivity contribution in [3.63, 3.8) is 0 Å². The first-order valence-corrected chi connectivity index (χ1v) is 5.38. The normalized spacial score (nSPS) is 11.9. The quantitative estimate of drug-likeness (QED) is 0.619. The first-order chi connectivity index (χ1) is 5.68. The molecular weight excluding hydrogens is 181 g/mol. The molecule has 0 aromatic heterocycles. The lowest BCUT2D eigenvalue weighted by molar-refractivity contribution is 0.124. The van der Waals surface area contributed by atoms with Crippen LogP contribution in [0.3, 0.4) is 0 Å². The van der Waals surface area contributed by atoms with Gasteiger partial charge in [0.1, 0.15) is 0 Å². The second-order valence-corrected chi connectivity index (χ2v) is 3.57. The molecule has 5 nitrogen and oxygen atoms in total. The van der Waals surface area contributed by atoms with Crippen molar-refractivity contribution in [2.75, 3.05) is 26.4 Å². The summed E-state index contributed by atoms with van der Waals surface area (Å²) in [7, 11) is -3.32. The van der Waals surface area contributed by atoms with Gasteiger partial charge in [0.15, 0.2) is 0 Å². The molecule has 74 valence electrons. The zero-order chi connectivity index (χ0) is 9.45. The molecular formula is C6H16NO4P. The summed E-state index contributed by atoms with van der Waals surface area (Å²) in [6.07, 6.45) is 0. The maximum absolute atomic E-state index is 11.4. The van der Waals surface area contributed by atoms with Gasteiger partial charge in [-0.15, -0.1) is 0 Å². The van der Waals surface area contributed by atoms with E-state index in [9.17, 15) is 4.57 Å². The van der Waals surface area contributed by atoms with Crippen molar-refractivity contribution >= 4 is 7.82 Å². The van der Waals surface area contributed by atoms with Crippen LogP contribution in [0.1, 0.15) is 13.8 Å². The summed E-state index contributed by atoms with van der Waals surface area (Å²) in [5.41, 5.74) is 5.17. The molecule has 0 aliphatic rings. The molecule has 0 fully saturated rings. The van der Waals surface area contributed by atoms with Crippen molar-refractivity contribution in [1.29, 1.82) is 0 Å². The summed E-state index contributed by atoms with van der Waals surface area (Å²) in [5.74, 6) is 0. The Hall–Kier alpha value is 0.0700. The average molecular weight is 197 g/mol. The van der Waals surface area contributed by atoms with Crippen LogP contribution in [0.25, 0.3) is 0 Å². The van der Waals surface area contributed by atoms with Gasteiger partial charge in [-0.2, -0.15) is 0 Å². The van der Waals surface area contributed by atoms with Crippen LogP contribution in [-0.2, 0) is 18.1 Å². The number of phosphoric ester groups is 1. The summed E-state index contributed by atoms with van der Waals surface area (Å²) in [4.78, 5) is 0. The standard InChI is InChI=1S/C6H16NO4P/c1-3-9-12(8,10-4-2)11-6-5-7/h3-7H2,1-2H3. The van der Waals surface area contributed by atoms with Crippen LogP contribution in [-0.4, -0.2) is 26.4 Å². The predicted octanol–water partition coefficient (Wildman–Crippen LogP) is 1.14. The monoisotopic (exact) mass is 197 g/mol. The summed E-state index contributed by atoms with van der Waals surface area (Å²) in [6, 6.07) is 0. The van der Waals surface area contributed by atoms with Crippen molar-refractivity contribution in [2.24, 2.45) is 5.73 Å². The van der Waals surface area contributed by atoms with Crippen LogP contribution < -0.4 is 5.73 Å². The molecule has 0 rings (SSSR count). The summed E-state index contributed by atoms with van der Waals surface area (Å²) in [5, 5.41) is 0. The minimum atomic E-state index is -3.32. The maximum atomic E-state index is 11.4. The number of rotatable bonds is 7. The van der Waals surface area contributed by atoms with E-state index in [0.29, 0.717) is 19.8 Å². The zero-order valence-electron chi connectivity index (χ0n) is 7.49. The number of hydrogen-bond donors (Lipinski definition) is 1. The van der Waals surface area contributed by atoms with Crippen LogP contribution in [0, 0.1) is 0 Å². The first kappa shape index (κ1) is 12.1. The molecule has 0 saturated heterocycles. The smallest absolute Gasteiger partial charge is 0.328 e. The van der Waals surface area contributed by atoms with Crippen LogP contribution in [0.5, 0.6) is 0 Å². The van der Waals surface area contributed by atoms with Crippen molar-refractivity contribution < 1.29 is 18.1 Å². The van der Waals surface area contributed by atoms with Crippen molar-refractivity contribution in [3.05, 3.63) is 0 Å². The Bertz CT molecular complexity index is 142. The zero-order valence-corrected chi connectivity index (χ0v) is 8.38. The third kappa shape index (κ3) is 4.85. The fourth-order valence-corrected chi connectivity index (χ4v) is 1.78. The number of phosphoric acid groups is 1. The summed E-state index contributed by atoms with van der Waals surface area (Å²) >= 11 is 0. The minimum Gasteiger partial charge on any atom is -0.328 e. The van der Waals surface area contributed by atoms with Gasteiger partial charge in [0.05, 0.1) is 19.8 Å². The predicted molar refractivity (Wildman–Crippen MR) is 45.9 cm³/mol. The van der Waals surface area contributed by atoms with Crippen molar-refractivity contribution in [1.82, 2.24) is 0 Å². The SMILES string of the molecule is CCOP(=O)(OCC)OCCN. The third-order valence-electron chi connectivity index (χ3n) is 0.942. The molecule has 0 bridgehead atoms. The molecule has 0 atom stereocenters. The molecule has 0 heterocycles. The Balaban J connectivity index is 3.90. The Morgan fingerprint density at radius 3 is 2.00 bits per heavy atom. The topological polar surface area (TPSA) is 70.8 Å². The maximum Gasteiger partial charge on any atom is 0.474 e. The van der Waals surface area contributed by atoms with E-state index in [1.54, 1.807) is 13.8 Å². The molecule has 0 radical (unpaired) electrons. The highest BCUT2D eigenvalue weighted by Crippen LogP contribution is 2.48. The van der Waals surface area contributed by atoms with Gasteiger partial charge >= 0.3 is 7.82 Å². The molecule has 0 saturated carbocycles. The molecule has 6 heteroatoms. The van der Waals surface area contributed by atoms with Crippen LogP contribution >= 0.6 is 7.82 Å². The van der Waals surface area contributed by atoms with Gasteiger partial charge in [0, 0.05) is 6.54 Å². The Labute approximate surface area is 72.8 Å². The van der Waals surface area contributed by atoms with E-state index in [1.807, 2.05) is 0 Å². The first-order valence-electron chi connectivity index (χ1n) is 3.92. The van der Waals surface area contributed by atoms with Crippen LogP contribution in [0.4, 0.5) is 0 Å². The highest BCUT2D eigenvalue weighted by Gasteiger charge is 2.24. The minimum absolute atomic E-state index is 0.178. The van der Waals surface area contributed by atoms with E-state index in [-0.39, 0.29) is 6.61 Å². The Kier molecular flexibility index (Phi) is 6.61. The average Bonchev–Trinajstić information content (AvgIpc) is 2.02. The van der Waals surface area contributed by atoms with Gasteiger partial charge in [0.25, 0.3) is 0 Å². The largest absolute Gasteiger partial charge is 0.474 e. The fourth-order valence-electron chi connectivity index (χ4n) is 0.593. The Morgan fingerprint density at radius 2 is 1.67 bits per heavy atom. The molecule has 0 amide bonds. The highest BCUT2D eigenvalue weighted by molar-refractivity contribution is 7.48. The van der Waals surface area contributed by atoms with Crippen LogP contribution in [0.15, 0.2) is 0 Å². The molecule has 0 unspecified atom stereocenters. The van der Waals surface area contributed by atoms with Crippen LogP contribution in [0.2, 0.25) is 0 Å². The molecule has 0 aromatic carbocycles. The van der Waals surface area contributed by atoms with Gasteiger partial charge in [-0.05, 0) is 13.8 Å². The summed E-state index contributed by atoms with van der Waals surface area (Å²) in [6.45, 7) is 4.50. The molecule has 12 heavy (non-hydrogen) atoms. The second-order valence-electron chi connectivity index (χ2n) is 1.90. The molecule has 0 aliphatic heterocycles. The van der Waals surface area contributed by atoms with E-state index < -0.39 is 7.82 Å². The van der Waals surface area contributed by atoms with Gasteiger partial charge in [-0.25, -0.2) is 4.57 Å². The van der Waals surface area contributed by atoms with Crippen molar-refractivity contribution in [3.8, 4) is 0 Å². The lowest BCUT2D eigenvalue weighted by Gasteiger charge is -2.15. The fraction of sp³-hybridized carbons (Fsp3) is 1.00. The van der Waals surface area contributed by atoms with E-state index in [2.05, 4.69) is 0 Å².